The van der Waals surface area contributed by atoms with Gasteiger partial charge in [-0.3, -0.25) is 0 Å². The highest BCUT2D eigenvalue weighted by atomic mass is 32.2. The van der Waals surface area contributed by atoms with Crippen molar-refractivity contribution >= 4 is 10.0 Å². The van der Waals surface area contributed by atoms with Crippen molar-refractivity contribution in [3.8, 4) is 0 Å². The summed E-state index contributed by atoms with van der Waals surface area (Å²) >= 11 is 0. The van der Waals surface area contributed by atoms with Crippen LogP contribution in [-0.4, -0.2) is 39.5 Å². The monoisotopic (exact) mass is 338 g/mol. The average molecular weight is 339 g/mol. The summed E-state index contributed by atoms with van der Waals surface area (Å²) in [6.45, 7) is 10.4. The molecule has 0 bridgehead atoms. The second-order valence-electron chi connectivity index (χ2n) is 7.23. The quantitative estimate of drug-likeness (QED) is 0.832. The topological polar surface area (TPSA) is 49.4 Å². The summed E-state index contributed by atoms with van der Waals surface area (Å²) in [6, 6.07) is 7.69. The first kappa shape index (κ1) is 18.4. The minimum absolute atomic E-state index is 0.0703. The first-order valence-corrected chi connectivity index (χ1v) is 10.2. The lowest BCUT2D eigenvalue weighted by Crippen LogP contribution is -2.40. The molecule has 0 unspecified atom stereocenters. The highest BCUT2D eigenvalue weighted by Gasteiger charge is 2.21. The van der Waals surface area contributed by atoms with Crippen molar-refractivity contribution in [2.24, 2.45) is 11.8 Å². The molecule has 0 atom stereocenters. The minimum Gasteiger partial charge on any atom is -0.303 e. The van der Waals surface area contributed by atoms with Crippen LogP contribution in [0.2, 0.25) is 0 Å². The van der Waals surface area contributed by atoms with E-state index < -0.39 is 10.0 Å². The number of piperidine rings is 1. The van der Waals surface area contributed by atoms with Gasteiger partial charge in [0.2, 0.25) is 10.0 Å². The van der Waals surface area contributed by atoms with Crippen LogP contribution in [0.5, 0.6) is 0 Å². The first-order valence-electron chi connectivity index (χ1n) is 8.59. The van der Waals surface area contributed by atoms with Crippen LogP contribution in [0.15, 0.2) is 24.3 Å². The van der Waals surface area contributed by atoms with Gasteiger partial charge in [-0.05, 0) is 50.3 Å². The zero-order chi connectivity index (χ0) is 16.9. The zero-order valence-corrected chi connectivity index (χ0v) is 15.4. The number of hydrogen-bond acceptors (Lipinski definition) is 3. The number of sulfonamides is 1. The third-order valence-corrected chi connectivity index (χ3v) is 5.68. The summed E-state index contributed by atoms with van der Waals surface area (Å²) < 4.78 is 27.3. The Labute approximate surface area is 141 Å². The Hall–Kier alpha value is -0.910. The van der Waals surface area contributed by atoms with E-state index in [9.17, 15) is 8.42 Å². The number of nitrogens with one attached hydrogen (secondary N) is 1. The molecule has 0 radical (unpaired) electrons. The van der Waals surface area contributed by atoms with Gasteiger partial charge in [0.05, 0.1) is 5.75 Å². The SMILES string of the molecule is Cc1cccc(CS(=O)(=O)NCC2CCN(CC(C)C)CC2)c1. The molecule has 0 spiro atoms. The van der Waals surface area contributed by atoms with Gasteiger partial charge in [0, 0.05) is 13.1 Å². The molecule has 1 aromatic rings. The molecule has 5 heteroatoms. The Morgan fingerprint density at radius 3 is 2.57 bits per heavy atom. The Morgan fingerprint density at radius 2 is 1.96 bits per heavy atom. The highest BCUT2D eigenvalue weighted by molar-refractivity contribution is 7.88. The summed E-state index contributed by atoms with van der Waals surface area (Å²) in [7, 11) is -3.25. The molecule has 1 aliphatic heterocycles. The van der Waals surface area contributed by atoms with Crippen LogP contribution in [0.1, 0.15) is 37.8 Å². The normalized spacial score (nSPS) is 17.7. The van der Waals surface area contributed by atoms with Crippen molar-refractivity contribution < 1.29 is 8.42 Å². The lowest BCUT2D eigenvalue weighted by atomic mass is 9.96. The Bertz CT molecular complexity index is 591. The molecule has 1 N–H and O–H groups in total. The molecule has 0 aromatic heterocycles. The summed E-state index contributed by atoms with van der Waals surface area (Å²) in [5.41, 5.74) is 1.94. The molecule has 130 valence electrons. The fraction of sp³-hybridized carbons (Fsp3) is 0.667. The van der Waals surface area contributed by atoms with E-state index in [-0.39, 0.29) is 5.75 Å². The Kier molecular flexibility index (Phi) is 6.62. The van der Waals surface area contributed by atoms with E-state index in [1.54, 1.807) is 0 Å². The van der Waals surface area contributed by atoms with Crippen molar-refractivity contribution in [1.82, 2.24) is 9.62 Å². The fourth-order valence-electron chi connectivity index (χ4n) is 3.21. The van der Waals surface area contributed by atoms with Gasteiger partial charge >= 0.3 is 0 Å². The predicted octanol–water partition coefficient (Wildman–Crippen LogP) is 2.78. The van der Waals surface area contributed by atoms with Gasteiger partial charge in [-0.2, -0.15) is 0 Å². The Balaban J connectivity index is 1.77. The summed E-state index contributed by atoms with van der Waals surface area (Å²) in [4.78, 5) is 2.49. The number of nitrogens with zero attached hydrogens (tertiary/aromatic N) is 1. The molecule has 4 nitrogen and oxygen atoms in total. The molecule has 1 aromatic carbocycles. The van der Waals surface area contributed by atoms with Crippen molar-refractivity contribution in [3.05, 3.63) is 35.4 Å². The van der Waals surface area contributed by atoms with E-state index in [2.05, 4.69) is 23.5 Å². The number of benzene rings is 1. The van der Waals surface area contributed by atoms with Crippen LogP contribution >= 0.6 is 0 Å². The molecule has 1 saturated heterocycles. The maximum absolute atomic E-state index is 12.2. The second kappa shape index (κ2) is 8.27. The third-order valence-electron chi connectivity index (χ3n) is 4.36. The molecule has 0 saturated carbocycles. The molecule has 2 rings (SSSR count). The molecular weight excluding hydrogens is 308 g/mol. The third kappa shape index (κ3) is 6.61. The van der Waals surface area contributed by atoms with Gasteiger partial charge < -0.3 is 4.90 Å². The first-order chi connectivity index (χ1) is 10.8. The molecule has 23 heavy (non-hydrogen) atoms. The molecule has 0 amide bonds. The number of aryl methyl sites for hydroxylation is 1. The number of rotatable bonds is 7. The van der Waals surface area contributed by atoms with Crippen LogP contribution in [0.3, 0.4) is 0 Å². The van der Waals surface area contributed by atoms with Gasteiger partial charge in [-0.15, -0.1) is 0 Å². The molecule has 1 fully saturated rings. The maximum Gasteiger partial charge on any atom is 0.215 e. The predicted molar refractivity (Wildman–Crippen MR) is 95.8 cm³/mol. The van der Waals surface area contributed by atoms with E-state index >= 15 is 0 Å². The van der Waals surface area contributed by atoms with E-state index in [4.69, 9.17) is 0 Å². The van der Waals surface area contributed by atoms with E-state index in [1.807, 2.05) is 31.2 Å². The average Bonchev–Trinajstić information content (AvgIpc) is 2.45. The van der Waals surface area contributed by atoms with Gasteiger partial charge in [-0.25, -0.2) is 13.1 Å². The molecule has 0 aliphatic carbocycles. The smallest absolute Gasteiger partial charge is 0.215 e. The lowest BCUT2D eigenvalue weighted by molar-refractivity contribution is 0.169. The summed E-state index contributed by atoms with van der Waals surface area (Å²) in [6.07, 6.45) is 2.17. The van der Waals surface area contributed by atoms with Gasteiger partial charge in [0.25, 0.3) is 0 Å². The fourth-order valence-corrected chi connectivity index (χ4v) is 4.42. The molecular formula is C18H30N2O2S. The van der Waals surface area contributed by atoms with E-state index in [0.29, 0.717) is 18.4 Å². The van der Waals surface area contributed by atoms with Crippen LogP contribution in [0, 0.1) is 18.8 Å². The van der Waals surface area contributed by atoms with Crippen molar-refractivity contribution in [1.29, 1.82) is 0 Å². The van der Waals surface area contributed by atoms with Crippen LogP contribution < -0.4 is 4.72 Å². The standard InChI is InChI=1S/C18H30N2O2S/c1-15(2)13-20-9-7-17(8-10-20)12-19-23(21,22)14-18-6-4-5-16(3)11-18/h4-6,11,15,17,19H,7-10,12-14H2,1-3H3. The van der Waals surface area contributed by atoms with Crippen molar-refractivity contribution in [2.75, 3.05) is 26.2 Å². The van der Waals surface area contributed by atoms with E-state index in [1.165, 1.54) is 0 Å². The minimum atomic E-state index is -3.25. The number of hydrogen-bond donors (Lipinski definition) is 1. The summed E-state index contributed by atoms with van der Waals surface area (Å²) in [5, 5.41) is 0. The van der Waals surface area contributed by atoms with Crippen LogP contribution in [-0.2, 0) is 15.8 Å². The van der Waals surface area contributed by atoms with Gasteiger partial charge in [0.1, 0.15) is 0 Å². The highest BCUT2D eigenvalue weighted by Crippen LogP contribution is 2.18. The Morgan fingerprint density at radius 1 is 1.26 bits per heavy atom. The van der Waals surface area contributed by atoms with Crippen LogP contribution in [0.25, 0.3) is 0 Å². The largest absolute Gasteiger partial charge is 0.303 e. The lowest BCUT2D eigenvalue weighted by Gasteiger charge is -2.33. The van der Waals surface area contributed by atoms with E-state index in [0.717, 1.165) is 43.6 Å². The maximum atomic E-state index is 12.2. The van der Waals surface area contributed by atoms with Crippen molar-refractivity contribution in [3.63, 3.8) is 0 Å². The second-order valence-corrected chi connectivity index (χ2v) is 9.04. The van der Waals surface area contributed by atoms with Gasteiger partial charge in [-0.1, -0.05) is 43.7 Å². The number of likely N-dealkylation sites (tertiary alicyclic amines) is 1. The summed E-state index contributed by atoms with van der Waals surface area (Å²) in [5.74, 6) is 1.23. The van der Waals surface area contributed by atoms with Crippen molar-refractivity contribution in [2.45, 2.75) is 39.4 Å². The molecule has 1 heterocycles. The van der Waals surface area contributed by atoms with Gasteiger partial charge in [0.15, 0.2) is 0 Å². The zero-order valence-electron chi connectivity index (χ0n) is 14.6. The molecule has 1 aliphatic rings. The van der Waals surface area contributed by atoms with Crippen LogP contribution in [0.4, 0.5) is 0 Å².